The normalized spacial score (nSPS) is 17.7. The lowest BCUT2D eigenvalue weighted by Gasteiger charge is -2.47. The van der Waals surface area contributed by atoms with Crippen molar-refractivity contribution >= 4 is 65.8 Å². The van der Waals surface area contributed by atoms with Crippen LogP contribution in [0.5, 0.6) is 0 Å². The van der Waals surface area contributed by atoms with Gasteiger partial charge in [-0.1, -0.05) is 23.4 Å². The van der Waals surface area contributed by atoms with E-state index in [-0.39, 0.29) is 52.3 Å². The van der Waals surface area contributed by atoms with E-state index < -0.39 is 34.1 Å². The predicted octanol–water partition coefficient (Wildman–Crippen LogP) is 6.66. The molecule has 12 nitrogen and oxygen atoms in total. The molecule has 1 aromatic carbocycles. The standard InChI is InChI=1S/C40H38ClF3N8O4S2/c1-4-58(55,56)49-38(53)32-22-57-36-29(9-12-46-35(32)36)30-18-26(41)8-7-25(30)6-5-13-52-23(2)48-33-21-47-37(31(20-45)34(33)39(52)54)50(3)27-10-14-51(15-11-27)28-16-24(17-28)19-40(42,43)44/h7-9,12,18,21-22,24,27-28H,4,10-11,13-17,19H2,1-3H3,(H,49,53). The first kappa shape index (κ1) is 41.1. The van der Waals surface area contributed by atoms with Crippen LogP contribution in [-0.2, 0) is 16.6 Å². The molecule has 4 aromatic heterocycles. The van der Waals surface area contributed by atoms with Crippen LogP contribution >= 0.6 is 22.9 Å². The number of aryl methyl sites for hydroxylation is 1. The molecule has 5 aromatic rings. The summed E-state index contributed by atoms with van der Waals surface area (Å²) >= 11 is 7.67. The highest BCUT2D eigenvalue weighted by Gasteiger charge is 2.42. The first-order valence-electron chi connectivity index (χ1n) is 18.6. The van der Waals surface area contributed by atoms with E-state index in [1.54, 1.807) is 36.6 Å². The number of benzene rings is 1. The number of piperidine rings is 1. The number of sulfonamides is 1. The molecule has 5 heterocycles. The Bertz CT molecular complexity index is 2710. The summed E-state index contributed by atoms with van der Waals surface area (Å²) in [6.45, 7) is 4.49. The molecule has 2 fully saturated rings. The van der Waals surface area contributed by atoms with E-state index in [9.17, 15) is 36.4 Å². The van der Waals surface area contributed by atoms with Gasteiger partial charge in [0.2, 0.25) is 10.0 Å². The zero-order chi connectivity index (χ0) is 41.5. The average molecular weight is 851 g/mol. The molecule has 58 heavy (non-hydrogen) atoms. The quantitative estimate of drug-likeness (QED) is 0.159. The molecular weight excluding hydrogens is 813 g/mol. The third-order valence-corrected chi connectivity index (χ3v) is 13.5. The van der Waals surface area contributed by atoms with Gasteiger partial charge < -0.3 is 9.80 Å². The van der Waals surface area contributed by atoms with Gasteiger partial charge in [0.15, 0.2) is 0 Å². The van der Waals surface area contributed by atoms with Crippen LogP contribution in [-0.4, -0.2) is 82.9 Å². The van der Waals surface area contributed by atoms with Crippen molar-refractivity contribution in [2.75, 3.05) is 30.8 Å². The number of hydrogen-bond acceptors (Lipinski definition) is 11. The van der Waals surface area contributed by atoms with E-state index in [4.69, 9.17) is 11.6 Å². The molecule has 0 radical (unpaired) electrons. The number of rotatable bonds is 9. The van der Waals surface area contributed by atoms with Gasteiger partial charge in [0.25, 0.3) is 11.5 Å². The maximum Gasteiger partial charge on any atom is 0.389 e. The molecule has 0 bridgehead atoms. The number of aromatic nitrogens is 4. The third-order valence-electron chi connectivity index (χ3n) is 11.0. The molecule has 1 N–H and O–H groups in total. The van der Waals surface area contributed by atoms with E-state index >= 15 is 0 Å². The minimum Gasteiger partial charge on any atom is -0.355 e. The molecule has 2 aliphatic rings. The van der Waals surface area contributed by atoms with Crippen molar-refractivity contribution in [2.45, 2.75) is 70.8 Å². The number of halogens is 4. The van der Waals surface area contributed by atoms with Crippen LogP contribution in [0.3, 0.4) is 0 Å². The van der Waals surface area contributed by atoms with Crippen molar-refractivity contribution in [1.82, 2.24) is 29.1 Å². The van der Waals surface area contributed by atoms with Crippen LogP contribution in [0.15, 0.2) is 46.8 Å². The van der Waals surface area contributed by atoms with E-state index in [0.717, 1.165) is 25.9 Å². The van der Waals surface area contributed by atoms with Crippen molar-refractivity contribution in [3.05, 3.63) is 79.9 Å². The van der Waals surface area contributed by atoms with Gasteiger partial charge in [0, 0.05) is 71.9 Å². The van der Waals surface area contributed by atoms with Gasteiger partial charge in [-0.25, -0.2) is 23.1 Å². The van der Waals surface area contributed by atoms with Crippen LogP contribution in [0.25, 0.3) is 32.2 Å². The van der Waals surface area contributed by atoms with Crippen LogP contribution in [0.1, 0.15) is 66.3 Å². The van der Waals surface area contributed by atoms with E-state index in [2.05, 4.69) is 42.5 Å². The SMILES string of the molecule is CCS(=O)(=O)NC(=O)c1csc2c(-c3cc(Cl)ccc3C#CCn3c(C)nc4cnc(N(C)C5CCN(C6CC(CC(F)(F)F)C6)CC5)c(C#N)c4c3=O)ccnc12. The molecule has 1 saturated carbocycles. The first-order chi connectivity index (χ1) is 27.6. The van der Waals surface area contributed by atoms with Gasteiger partial charge in [-0.3, -0.25) is 19.1 Å². The summed E-state index contributed by atoms with van der Waals surface area (Å²) < 4.78 is 66.7. The van der Waals surface area contributed by atoms with E-state index in [1.165, 1.54) is 35.2 Å². The van der Waals surface area contributed by atoms with Crippen molar-refractivity contribution in [3.63, 3.8) is 0 Å². The molecule has 7 rings (SSSR count). The number of nitriles is 1. The van der Waals surface area contributed by atoms with Gasteiger partial charge in [-0.15, -0.1) is 11.3 Å². The fourth-order valence-electron chi connectivity index (χ4n) is 7.81. The summed E-state index contributed by atoms with van der Waals surface area (Å²) in [6.07, 6.45) is 0.718. The zero-order valence-corrected chi connectivity index (χ0v) is 34.1. The Morgan fingerprint density at radius 2 is 1.90 bits per heavy atom. The number of carbonyl (C=O) groups is 1. The van der Waals surface area contributed by atoms with E-state index in [1.807, 2.05) is 11.9 Å². The van der Waals surface area contributed by atoms with E-state index in [0.29, 0.717) is 56.4 Å². The first-order valence-corrected chi connectivity index (χ1v) is 21.5. The highest BCUT2D eigenvalue weighted by Crippen LogP contribution is 2.41. The number of carbonyl (C=O) groups excluding carboxylic acids is 1. The van der Waals surface area contributed by atoms with Gasteiger partial charge in [-0.2, -0.15) is 18.4 Å². The molecule has 1 aliphatic carbocycles. The molecule has 1 aliphatic heterocycles. The number of hydrogen-bond donors (Lipinski definition) is 1. The summed E-state index contributed by atoms with van der Waals surface area (Å²) in [4.78, 5) is 44.7. The minimum absolute atomic E-state index is 0.0103. The highest BCUT2D eigenvalue weighted by atomic mass is 35.5. The summed E-state index contributed by atoms with van der Waals surface area (Å²) in [5.41, 5.74) is 2.26. The van der Waals surface area contributed by atoms with Crippen LogP contribution in [0.2, 0.25) is 5.02 Å². The second-order valence-corrected chi connectivity index (χ2v) is 17.9. The number of amides is 1. The third kappa shape index (κ3) is 8.40. The number of nitrogens with one attached hydrogen (secondary N) is 1. The summed E-state index contributed by atoms with van der Waals surface area (Å²) in [7, 11) is -1.96. The van der Waals surface area contributed by atoms with Crippen LogP contribution in [0.4, 0.5) is 19.0 Å². The Hall–Kier alpha value is -5.07. The van der Waals surface area contributed by atoms with Gasteiger partial charge >= 0.3 is 6.18 Å². The molecule has 302 valence electrons. The van der Waals surface area contributed by atoms with Crippen molar-refractivity contribution in [1.29, 1.82) is 5.26 Å². The van der Waals surface area contributed by atoms with Crippen LogP contribution < -0.4 is 15.2 Å². The number of pyridine rings is 2. The maximum absolute atomic E-state index is 14.1. The summed E-state index contributed by atoms with van der Waals surface area (Å²) in [5.74, 6) is 5.61. The van der Waals surface area contributed by atoms with Crippen molar-refractivity contribution in [3.8, 4) is 29.0 Å². The number of nitrogens with zero attached hydrogens (tertiary/aromatic N) is 7. The van der Waals surface area contributed by atoms with Gasteiger partial charge in [0.1, 0.15) is 23.3 Å². The van der Waals surface area contributed by atoms with Gasteiger partial charge in [-0.05, 0) is 69.7 Å². The maximum atomic E-state index is 14.1. The number of anilines is 1. The Labute approximate surface area is 341 Å². The lowest BCUT2D eigenvalue weighted by molar-refractivity contribution is -0.155. The Balaban J connectivity index is 1.13. The molecule has 0 unspecified atom stereocenters. The Morgan fingerprint density at radius 3 is 2.59 bits per heavy atom. The predicted molar refractivity (Wildman–Crippen MR) is 217 cm³/mol. The Kier molecular flexibility index (Phi) is 11.5. The number of alkyl halides is 3. The number of fused-ring (bicyclic) bond motifs is 2. The highest BCUT2D eigenvalue weighted by molar-refractivity contribution is 7.90. The molecular formula is C40H38ClF3N8O4S2. The molecule has 0 spiro atoms. The lowest BCUT2D eigenvalue weighted by atomic mass is 9.76. The van der Waals surface area contributed by atoms with Crippen molar-refractivity contribution < 1.29 is 26.4 Å². The molecule has 1 amide bonds. The number of likely N-dealkylation sites (tertiary alicyclic amines) is 1. The fourth-order valence-corrected chi connectivity index (χ4v) is 9.55. The summed E-state index contributed by atoms with van der Waals surface area (Å²) in [5, 5.41) is 12.5. The Morgan fingerprint density at radius 1 is 1.16 bits per heavy atom. The lowest BCUT2D eigenvalue weighted by Crippen LogP contribution is -2.52. The molecule has 1 saturated heterocycles. The monoisotopic (exact) mass is 850 g/mol. The van der Waals surface area contributed by atoms with Crippen LogP contribution in [0, 0.1) is 36.0 Å². The fraction of sp³-hybridized carbons (Fsp3) is 0.400. The zero-order valence-electron chi connectivity index (χ0n) is 31.7. The summed E-state index contributed by atoms with van der Waals surface area (Å²) in [6, 6.07) is 9.27. The van der Waals surface area contributed by atoms with Gasteiger partial charge in [0.05, 0.1) is 45.2 Å². The number of thiophene rings is 1. The average Bonchev–Trinajstić information content (AvgIpc) is 3.61. The smallest absolute Gasteiger partial charge is 0.355 e. The largest absolute Gasteiger partial charge is 0.389 e. The topological polar surface area (TPSA) is 154 Å². The second kappa shape index (κ2) is 16.3. The molecule has 0 atom stereocenters. The molecule has 18 heteroatoms. The second-order valence-electron chi connectivity index (χ2n) is 14.6. The minimum atomic E-state index is -4.14. The van der Waals surface area contributed by atoms with Crippen molar-refractivity contribution in [2.24, 2.45) is 5.92 Å².